The van der Waals surface area contributed by atoms with Crippen molar-refractivity contribution in [3.05, 3.63) is 35.1 Å². The Morgan fingerprint density at radius 2 is 2.05 bits per heavy atom. The Morgan fingerprint density at radius 1 is 1.42 bits per heavy atom. The van der Waals surface area contributed by atoms with Gasteiger partial charge in [-0.25, -0.2) is 9.18 Å². The van der Waals surface area contributed by atoms with E-state index in [1.807, 2.05) is 20.8 Å². The summed E-state index contributed by atoms with van der Waals surface area (Å²) in [6, 6.07) is 3.87. The highest BCUT2D eigenvalue weighted by Crippen LogP contribution is 2.10. The normalized spacial score (nSPS) is 10.9. The van der Waals surface area contributed by atoms with Crippen LogP contribution in [0.5, 0.6) is 0 Å². The maximum atomic E-state index is 13.7. The van der Waals surface area contributed by atoms with Gasteiger partial charge in [0.2, 0.25) is 0 Å². The molecular weight excluding hydrogens is 247 g/mol. The first kappa shape index (κ1) is 14.9. The molecule has 0 saturated heterocycles. The third-order valence-corrected chi connectivity index (χ3v) is 2.29. The highest BCUT2D eigenvalue weighted by molar-refractivity contribution is 5.94. The number of hydrogen-bond acceptors (Lipinski definition) is 2. The number of amidine groups is 1. The number of nitrogen functional groups attached to an aromatic ring is 1. The lowest BCUT2D eigenvalue weighted by molar-refractivity contribution is 0.231. The third-order valence-electron chi connectivity index (χ3n) is 2.29. The van der Waals surface area contributed by atoms with Crippen molar-refractivity contribution in [2.45, 2.75) is 32.9 Å². The molecule has 19 heavy (non-hydrogen) atoms. The number of hydrogen-bond donors (Lipinski definition) is 4. The lowest BCUT2D eigenvalue weighted by Gasteiger charge is -2.20. The van der Waals surface area contributed by atoms with Gasteiger partial charge >= 0.3 is 6.03 Å². The van der Waals surface area contributed by atoms with Crippen molar-refractivity contribution in [1.82, 2.24) is 10.6 Å². The van der Waals surface area contributed by atoms with Crippen molar-refractivity contribution >= 4 is 11.9 Å². The predicted molar refractivity (Wildman–Crippen MR) is 72.5 cm³/mol. The Labute approximate surface area is 111 Å². The molecule has 5 N–H and O–H groups in total. The first-order valence-corrected chi connectivity index (χ1v) is 5.88. The van der Waals surface area contributed by atoms with E-state index in [0.29, 0.717) is 11.1 Å². The number of urea groups is 1. The van der Waals surface area contributed by atoms with Crippen molar-refractivity contribution in [2.75, 3.05) is 0 Å². The molecule has 0 aromatic heterocycles. The summed E-state index contributed by atoms with van der Waals surface area (Å²) in [5.74, 6) is -0.687. The van der Waals surface area contributed by atoms with Crippen LogP contribution in [0.4, 0.5) is 9.18 Å². The monoisotopic (exact) mass is 266 g/mol. The number of rotatable bonds is 3. The van der Waals surface area contributed by atoms with Gasteiger partial charge in [-0.1, -0.05) is 12.1 Å². The van der Waals surface area contributed by atoms with Crippen LogP contribution in [0.1, 0.15) is 31.9 Å². The number of nitrogens with one attached hydrogen (secondary N) is 3. The molecule has 0 saturated carbocycles. The average molecular weight is 266 g/mol. The topological polar surface area (TPSA) is 91.0 Å². The van der Waals surface area contributed by atoms with E-state index in [1.54, 1.807) is 6.07 Å². The van der Waals surface area contributed by atoms with E-state index in [4.69, 9.17) is 11.1 Å². The van der Waals surface area contributed by atoms with Gasteiger partial charge in [-0.2, -0.15) is 0 Å². The minimum absolute atomic E-state index is 0.0753. The number of amides is 2. The minimum atomic E-state index is -0.497. The number of nitrogens with two attached hydrogens (primary N) is 1. The Kier molecular flexibility index (Phi) is 4.47. The molecule has 1 rings (SSSR count). The molecule has 2 amide bonds. The molecule has 0 atom stereocenters. The molecule has 0 aliphatic carbocycles. The Hall–Kier alpha value is -2.11. The van der Waals surface area contributed by atoms with Gasteiger partial charge in [0, 0.05) is 23.2 Å². The molecule has 0 heterocycles. The fraction of sp³-hybridized carbons (Fsp3) is 0.385. The van der Waals surface area contributed by atoms with Crippen LogP contribution in [0.25, 0.3) is 0 Å². The third kappa shape index (κ3) is 4.95. The van der Waals surface area contributed by atoms with Gasteiger partial charge < -0.3 is 16.4 Å². The summed E-state index contributed by atoms with van der Waals surface area (Å²) in [5.41, 5.74) is 5.58. The highest BCUT2D eigenvalue weighted by Gasteiger charge is 2.13. The van der Waals surface area contributed by atoms with E-state index in [9.17, 15) is 9.18 Å². The second kappa shape index (κ2) is 5.69. The molecule has 0 aliphatic heterocycles. The summed E-state index contributed by atoms with van der Waals surface area (Å²) in [6.07, 6.45) is 0. The second-order valence-corrected chi connectivity index (χ2v) is 5.28. The van der Waals surface area contributed by atoms with Crippen molar-refractivity contribution in [1.29, 1.82) is 5.41 Å². The SMILES string of the molecule is CC(C)(C)NC(=O)NCc1ccc(C(=N)N)cc1F. The molecule has 104 valence electrons. The fourth-order valence-corrected chi connectivity index (χ4v) is 1.42. The van der Waals surface area contributed by atoms with Crippen LogP contribution >= 0.6 is 0 Å². The van der Waals surface area contributed by atoms with Crippen molar-refractivity contribution in [3.8, 4) is 0 Å². The Bertz CT molecular complexity index is 494. The quantitative estimate of drug-likeness (QED) is 0.495. The molecular formula is C13H19FN4O. The average Bonchev–Trinajstić information content (AvgIpc) is 2.24. The number of carbonyl (C=O) groups excluding carboxylic acids is 1. The van der Waals surface area contributed by atoms with Crippen LogP contribution < -0.4 is 16.4 Å². The van der Waals surface area contributed by atoms with E-state index in [1.165, 1.54) is 12.1 Å². The van der Waals surface area contributed by atoms with Crippen molar-refractivity contribution in [2.24, 2.45) is 5.73 Å². The van der Waals surface area contributed by atoms with Gasteiger partial charge in [-0.3, -0.25) is 5.41 Å². The van der Waals surface area contributed by atoms with Crippen LogP contribution in [0.2, 0.25) is 0 Å². The van der Waals surface area contributed by atoms with Crippen LogP contribution in [0, 0.1) is 11.2 Å². The summed E-state index contributed by atoms with van der Waals surface area (Å²) < 4.78 is 13.7. The van der Waals surface area contributed by atoms with Gasteiger partial charge in [0.1, 0.15) is 11.7 Å². The summed E-state index contributed by atoms with van der Waals surface area (Å²) in [4.78, 5) is 11.5. The van der Waals surface area contributed by atoms with E-state index in [0.717, 1.165) is 0 Å². The van der Waals surface area contributed by atoms with E-state index >= 15 is 0 Å². The van der Waals surface area contributed by atoms with Crippen LogP contribution in [0.15, 0.2) is 18.2 Å². The lowest BCUT2D eigenvalue weighted by atomic mass is 10.1. The summed E-state index contributed by atoms with van der Waals surface area (Å²) in [5, 5.41) is 12.5. The molecule has 0 bridgehead atoms. The summed E-state index contributed by atoms with van der Waals surface area (Å²) in [7, 11) is 0. The van der Waals surface area contributed by atoms with Gasteiger partial charge in [-0.05, 0) is 26.8 Å². The van der Waals surface area contributed by atoms with Crippen LogP contribution in [0.3, 0.4) is 0 Å². The first-order valence-electron chi connectivity index (χ1n) is 5.88. The molecule has 0 radical (unpaired) electrons. The zero-order valence-corrected chi connectivity index (χ0v) is 11.3. The van der Waals surface area contributed by atoms with Gasteiger partial charge in [0.15, 0.2) is 0 Å². The second-order valence-electron chi connectivity index (χ2n) is 5.28. The van der Waals surface area contributed by atoms with E-state index in [2.05, 4.69) is 10.6 Å². The summed E-state index contributed by atoms with van der Waals surface area (Å²) >= 11 is 0. The number of halogens is 1. The minimum Gasteiger partial charge on any atom is -0.384 e. The molecule has 1 aromatic carbocycles. The number of carbonyl (C=O) groups is 1. The largest absolute Gasteiger partial charge is 0.384 e. The standard InChI is InChI=1S/C13H19FN4O/c1-13(2,3)18-12(19)17-7-9-5-4-8(11(15)16)6-10(9)14/h4-6H,7H2,1-3H3,(H3,15,16)(H2,17,18,19). The Morgan fingerprint density at radius 3 is 2.53 bits per heavy atom. The maximum absolute atomic E-state index is 13.7. The lowest BCUT2D eigenvalue weighted by Crippen LogP contribution is -2.46. The van der Waals surface area contributed by atoms with Crippen molar-refractivity contribution < 1.29 is 9.18 Å². The van der Waals surface area contributed by atoms with Gasteiger partial charge in [0.25, 0.3) is 0 Å². The smallest absolute Gasteiger partial charge is 0.315 e. The molecule has 0 aliphatic rings. The van der Waals surface area contributed by atoms with Crippen LogP contribution in [-0.4, -0.2) is 17.4 Å². The maximum Gasteiger partial charge on any atom is 0.315 e. The molecule has 1 aromatic rings. The van der Waals surface area contributed by atoms with Gasteiger partial charge in [0.05, 0.1) is 0 Å². The van der Waals surface area contributed by atoms with E-state index in [-0.39, 0.29) is 24.0 Å². The summed E-state index contributed by atoms with van der Waals surface area (Å²) in [6.45, 7) is 5.64. The number of benzene rings is 1. The molecule has 6 heteroatoms. The van der Waals surface area contributed by atoms with Gasteiger partial charge in [-0.15, -0.1) is 0 Å². The van der Waals surface area contributed by atoms with Crippen molar-refractivity contribution in [3.63, 3.8) is 0 Å². The first-order chi connectivity index (χ1) is 8.69. The molecule has 5 nitrogen and oxygen atoms in total. The highest BCUT2D eigenvalue weighted by atomic mass is 19.1. The molecule has 0 fully saturated rings. The fourth-order valence-electron chi connectivity index (χ4n) is 1.42. The van der Waals surface area contributed by atoms with Crippen LogP contribution in [-0.2, 0) is 6.54 Å². The zero-order chi connectivity index (χ0) is 14.6. The Balaban J connectivity index is 2.64. The van der Waals surface area contributed by atoms with E-state index < -0.39 is 5.82 Å². The predicted octanol–water partition coefficient (Wildman–Crippen LogP) is 1.71. The zero-order valence-electron chi connectivity index (χ0n) is 11.3. The molecule has 0 spiro atoms. The molecule has 0 unspecified atom stereocenters.